The van der Waals surface area contributed by atoms with Gasteiger partial charge in [-0.3, -0.25) is 0 Å². The van der Waals surface area contributed by atoms with E-state index in [9.17, 15) is 0 Å². The molecule has 0 spiro atoms. The lowest BCUT2D eigenvalue weighted by Crippen LogP contribution is -2.40. The summed E-state index contributed by atoms with van der Waals surface area (Å²) in [5.74, 6) is 0. The van der Waals surface area contributed by atoms with Gasteiger partial charge in [-0.05, 0) is 51.0 Å². The van der Waals surface area contributed by atoms with Crippen molar-refractivity contribution in [1.82, 2.24) is 10.2 Å². The van der Waals surface area contributed by atoms with Crippen molar-refractivity contribution in [3.63, 3.8) is 0 Å². The van der Waals surface area contributed by atoms with Gasteiger partial charge < -0.3 is 15.1 Å². The Bertz CT molecular complexity index is 419. The molecule has 0 radical (unpaired) electrons. The third kappa shape index (κ3) is 4.45. The van der Waals surface area contributed by atoms with E-state index in [1.807, 2.05) is 0 Å². The van der Waals surface area contributed by atoms with Crippen molar-refractivity contribution >= 4 is 5.69 Å². The van der Waals surface area contributed by atoms with Gasteiger partial charge in [-0.25, -0.2) is 0 Å². The summed E-state index contributed by atoms with van der Waals surface area (Å²) < 4.78 is 0. The molecule has 0 amide bonds. The number of para-hydroxylation sites is 1. The zero-order valence-electron chi connectivity index (χ0n) is 13.9. The first kappa shape index (κ1) is 16.3. The van der Waals surface area contributed by atoms with E-state index < -0.39 is 0 Å². The topological polar surface area (TPSA) is 18.5 Å². The van der Waals surface area contributed by atoms with E-state index in [1.165, 1.54) is 50.1 Å². The van der Waals surface area contributed by atoms with Crippen LogP contribution in [0.3, 0.4) is 0 Å². The predicted octanol–water partition coefficient (Wildman–Crippen LogP) is 3.11. The van der Waals surface area contributed by atoms with E-state index in [0.29, 0.717) is 6.04 Å². The minimum atomic E-state index is 0.629. The lowest BCUT2D eigenvalue weighted by atomic mass is 10.1. The zero-order valence-corrected chi connectivity index (χ0v) is 13.9. The second-order valence-electron chi connectivity index (χ2n) is 6.18. The Balaban J connectivity index is 2.17. The molecule has 1 aliphatic rings. The minimum absolute atomic E-state index is 0.629. The quantitative estimate of drug-likeness (QED) is 0.812. The van der Waals surface area contributed by atoms with Crippen LogP contribution in [0.1, 0.15) is 38.7 Å². The first-order valence-corrected chi connectivity index (χ1v) is 8.50. The first-order chi connectivity index (χ1) is 10.3. The monoisotopic (exact) mass is 289 g/mol. The Labute approximate surface area is 130 Å². The highest BCUT2D eigenvalue weighted by atomic mass is 15.2. The van der Waals surface area contributed by atoms with Gasteiger partial charge in [-0.2, -0.15) is 0 Å². The summed E-state index contributed by atoms with van der Waals surface area (Å²) in [6.45, 7) is 10.2. The van der Waals surface area contributed by atoms with E-state index in [4.69, 9.17) is 0 Å². The lowest BCUT2D eigenvalue weighted by Gasteiger charge is -2.34. The molecule has 1 aromatic rings. The molecule has 21 heavy (non-hydrogen) atoms. The number of nitrogens with one attached hydrogen (secondary N) is 1. The number of hydrogen-bond donors (Lipinski definition) is 1. The molecule has 3 nitrogen and oxygen atoms in total. The molecule has 1 unspecified atom stereocenters. The summed E-state index contributed by atoms with van der Waals surface area (Å²) in [7, 11) is 2.25. The summed E-state index contributed by atoms with van der Waals surface area (Å²) in [6, 6.07) is 9.55. The summed E-state index contributed by atoms with van der Waals surface area (Å²) in [6.07, 6.45) is 3.65. The zero-order chi connectivity index (χ0) is 15.1. The Morgan fingerprint density at radius 2 is 2.00 bits per heavy atom. The van der Waals surface area contributed by atoms with Crippen molar-refractivity contribution in [2.45, 2.75) is 45.7 Å². The molecule has 0 bridgehead atoms. The van der Waals surface area contributed by atoms with Gasteiger partial charge >= 0.3 is 0 Å². The first-order valence-electron chi connectivity index (χ1n) is 8.50. The number of nitrogens with zero attached hydrogens (tertiary/aromatic N) is 2. The maximum absolute atomic E-state index is 3.55. The van der Waals surface area contributed by atoms with Gasteiger partial charge in [0.1, 0.15) is 0 Å². The fourth-order valence-electron chi connectivity index (χ4n) is 3.25. The van der Waals surface area contributed by atoms with Crippen molar-refractivity contribution in [1.29, 1.82) is 0 Å². The van der Waals surface area contributed by atoms with E-state index in [-0.39, 0.29) is 0 Å². The Kier molecular flexibility index (Phi) is 6.52. The standard InChI is InChI=1S/C18H31N3/c1-4-11-19-14-16-9-6-7-10-18(16)21-13-8-12-20(3)15-17(21)5-2/h6-7,9-10,17,19H,4-5,8,11-15H2,1-3H3. The number of hydrogen-bond acceptors (Lipinski definition) is 3. The molecule has 1 aromatic carbocycles. The SMILES string of the molecule is CCCNCc1ccccc1N1CCCN(C)CC1CC. The molecular weight excluding hydrogens is 258 g/mol. The Hall–Kier alpha value is -1.06. The van der Waals surface area contributed by atoms with Crippen molar-refractivity contribution < 1.29 is 0 Å². The highest BCUT2D eigenvalue weighted by Gasteiger charge is 2.23. The van der Waals surface area contributed by atoms with E-state index in [1.54, 1.807) is 0 Å². The largest absolute Gasteiger partial charge is 0.367 e. The van der Waals surface area contributed by atoms with Gasteiger partial charge in [0.15, 0.2) is 0 Å². The molecule has 0 aromatic heterocycles. The summed E-state index contributed by atoms with van der Waals surface area (Å²) >= 11 is 0. The van der Waals surface area contributed by atoms with Crippen LogP contribution in [-0.2, 0) is 6.54 Å². The van der Waals surface area contributed by atoms with Crippen LogP contribution in [0.2, 0.25) is 0 Å². The minimum Gasteiger partial charge on any atom is -0.367 e. The molecule has 0 saturated carbocycles. The van der Waals surface area contributed by atoms with E-state index >= 15 is 0 Å². The molecule has 1 atom stereocenters. The number of likely N-dealkylation sites (N-methyl/N-ethyl adjacent to an activating group) is 1. The second-order valence-corrected chi connectivity index (χ2v) is 6.18. The van der Waals surface area contributed by atoms with E-state index in [2.05, 4.69) is 60.3 Å². The van der Waals surface area contributed by atoms with Crippen LogP contribution in [0.4, 0.5) is 5.69 Å². The number of benzene rings is 1. The highest BCUT2D eigenvalue weighted by molar-refractivity contribution is 5.54. The van der Waals surface area contributed by atoms with Crippen LogP contribution in [0, 0.1) is 0 Å². The summed E-state index contributed by atoms with van der Waals surface area (Å²) in [5, 5.41) is 3.55. The Morgan fingerprint density at radius 1 is 1.19 bits per heavy atom. The molecule has 1 heterocycles. The van der Waals surface area contributed by atoms with Crippen LogP contribution >= 0.6 is 0 Å². The molecule has 118 valence electrons. The van der Waals surface area contributed by atoms with Crippen molar-refractivity contribution in [2.24, 2.45) is 0 Å². The summed E-state index contributed by atoms with van der Waals surface area (Å²) in [5.41, 5.74) is 2.87. The van der Waals surface area contributed by atoms with Crippen LogP contribution < -0.4 is 10.2 Å². The van der Waals surface area contributed by atoms with Gasteiger partial charge in [0.25, 0.3) is 0 Å². The maximum atomic E-state index is 3.55. The summed E-state index contributed by atoms with van der Waals surface area (Å²) in [4.78, 5) is 5.12. The molecular formula is C18H31N3. The molecule has 1 aliphatic heterocycles. The second kappa shape index (κ2) is 8.40. The third-order valence-electron chi connectivity index (χ3n) is 4.42. The van der Waals surface area contributed by atoms with Gasteiger partial charge in [0.2, 0.25) is 0 Å². The Morgan fingerprint density at radius 3 is 2.76 bits per heavy atom. The fourth-order valence-corrected chi connectivity index (χ4v) is 3.25. The smallest absolute Gasteiger partial charge is 0.0414 e. The third-order valence-corrected chi connectivity index (χ3v) is 4.42. The fraction of sp³-hybridized carbons (Fsp3) is 0.667. The molecule has 1 saturated heterocycles. The van der Waals surface area contributed by atoms with Crippen LogP contribution in [0.5, 0.6) is 0 Å². The van der Waals surface area contributed by atoms with E-state index in [0.717, 1.165) is 13.1 Å². The van der Waals surface area contributed by atoms with Gasteiger partial charge in [-0.15, -0.1) is 0 Å². The average molecular weight is 289 g/mol. The van der Waals surface area contributed by atoms with Gasteiger partial charge in [-0.1, -0.05) is 32.0 Å². The number of anilines is 1. The molecule has 3 heteroatoms. The molecule has 1 N–H and O–H groups in total. The highest BCUT2D eigenvalue weighted by Crippen LogP contribution is 2.25. The van der Waals surface area contributed by atoms with Crippen molar-refractivity contribution in [2.75, 3.05) is 38.1 Å². The van der Waals surface area contributed by atoms with Crippen LogP contribution in [0.15, 0.2) is 24.3 Å². The lowest BCUT2D eigenvalue weighted by molar-refractivity contribution is 0.328. The van der Waals surface area contributed by atoms with Gasteiger partial charge in [0, 0.05) is 31.4 Å². The van der Waals surface area contributed by atoms with Crippen molar-refractivity contribution in [3.05, 3.63) is 29.8 Å². The molecule has 0 aliphatic carbocycles. The van der Waals surface area contributed by atoms with Crippen LogP contribution in [0.25, 0.3) is 0 Å². The maximum Gasteiger partial charge on any atom is 0.0414 e. The number of rotatable bonds is 6. The van der Waals surface area contributed by atoms with Gasteiger partial charge in [0.05, 0.1) is 0 Å². The van der Waals surface area contributed by atoms with Crippen LogP contribution in [-0.4, -0.2) is 44.2 Å². The molecule has 2 rings (SSSR count). The normalized spacial score (nSPS) is 20.5. The molecule has 1 fully saturated rings. The van der Waals surface area contributed by atoms with Crippen molar-refractivity contribution in [3.8, 4) is 0 Å². The predicted molar refractivity (Wildman–Crippen MR) is 92.0 cm³/mol. The average Bonchev–Trinajstić information content (AvgIpc) is 2.69.